The molecule has 1 amide bonds. The number of hydrogen-bond donors (Lipinski definition) is 2. The third-order valence-corrected chi connectivity index (χ3v) is 4.09. The SMILES string of the molecule is COC(=O)c1cccc(NC(=O)c2cnc(NCCc3ccccc3F)nc2)c1. The number of carbonyl (C=O) groups excluding carboxylic acids is 2. The van der Waals surface area contributed by atoms with Crippen molar-refractivity contribution in [3.05, 3.63) is 83.4 Å². The first-order valence-corrected chi connectivity index (χ1v) is 8.86. The van der Waals surface area contributed by atoms with E-state index in [-0.39, 0.29) is 11.4 Å². The first-order valence-electron chi connectivity index (χ1n) is 8.86. The number of methoxy groups -OCH3 is 1. The Bertz CT molecular complexity index is 1010. The minimum Gasteiger partial charge on any atom is -0.465 e. The number of amides is 1. The Labute approximate surface area is 167 Å². The number of hydrogen-bond acceptors (Lipinski definition) is 6. The Morgan fingerprint density at radius 2 is 1.79 bits per heavy atom. The van der Waals surface area contributed by atoms with Gasteiger partial charge in [0.25, 0.3) is 5.91 Å². The fraction of sp³-hybridized carbons (Fsp3) is 0.143. The van der Waals surface area contributed by atoms with E-state index in [9.17, 15) is 14.0 Å². The molecule has 7 nitrogen and oxygen atoms in total. The second kappa shape index (κ2) is 9.41. The fourth-order valence-corrected chi connectivity index (χ4v) is 2.59. The number of esters is 1. The molecule has 148 valence electrons. The summed E-state index contributed by atoms with van der Waals surface area (Å²) in [5, 5.41) is 5.67. The van der Waals surface area contributed by atoms with Crippen LogP contribution >= 0.6 is 0 Å². The normalized spacial score (nSPS) is 10.3. The zero-order chi connectivity index (χ0) is 20.6. The number of nitrogens with zero attached hydrogens (tertiary/aromatic N) is 2. The van der Waals surface area contributed by atoms with Crippen molar-refractivity contribution in [1.29, 1.82) is 0 Å². The smallest absolute Gasteiger partial charge is 0.337 e. The van der Waals surface area contributed by atoms with Crippen LogP contribution in [0.25, 0.3) is 0 Å². The van der Waals surface area contributed by atoms with Crippen LogP contribution in [0.4, 0.5) is 16.0 Å². The molecule has 2 aromatic carbocycles. The van der Waals surface area contributed by atoms with Gasteiger partial charge in [0.05, 0.1) is 18.2 Å². The molecule has 0 fully saturated rings. The third kappa shape index (κ3) is 5.35. The van der Waals surface area contributed by atoms with Crippen molar-refractivity contribution in [3.8, 4) is 0 Å². The van der Waals surface area contributed by atoms with Crippen molar-refractivity contribution in [3.63, 3.8) is 0 Å². The molecular formula is C21H19FN4O3. The van der Waals surface area contributed by atoms with Gasteiger partial charge in [0, 0.05) is 24.6 Å². The molecule has 0 spiro atoms. The molecule has 0 saturated heterocycles. The van der Waals surface area contributed by atoms with Crippen molar-refractivity contribution in [1.82, 2.24) is 9.97 Å². The zero-order valence-electron chi connectivity index (χ0n) is 15.7. The van der Waals surface area contributed by atoms with Crippen molar-refractivity contribution in [2.75, 3.05) is 24.3 Å². The van der Waals surface area contributed by atoms with Crippen LogP contribution in [-0.2, 0) is 11.2 Å². The van der Waals surface area contributed by atoms with E-state index in [0.717, 1.165) is 0 Å². The van der Waals surface area contributed by atoms with E-state index >= 15 is 0 Å². The highest BCUT2D eigenvalue weighted by molar-refractivity contribution is 6.04. The topological polar surface area (TPSA) is 93.2 Å². The summed E-state index contributed by atoms with van der Waals surface area (Å²) >= 11 is 0. The summed E-state index contributed by atoms with van der Waals surface area (Å²) in [6.45, 7) is 0.451. The second-order valence-electron chi connectivity index (χ2n) is 6.09. The summed E-state index contributed by atoms with van der Waals surface area (Å²) in [6.07, 6.45) is 3.25. The molecule has 0 aliphatic heterocycles. The largest absolute Gasteiger partial charge is 0.465 e. The number of halogens is 1. The van der Waals surface area contributed by atoms with Crippen LogP contribution in [0.3, 0.4) is 0 Å². The summed E-state index contributed by atoms with van der Waals surface area (Å²) in [4.78, 5) is 32.1. The highest BCUT2D eigenvalue weighted by Crippen LogP contribution is 2.13. The Hall–Kier alpha value is -3.81. The van der Waals surface area contributed by atoms with Crippen LogP contribution in [0.15, 0.2) is 60.9 Å². The number of carbonyl (C=O) groups is 2. The van der Waals surface area contributed by atoms with Crippen molar-refractivity contribution < 1.29 is 18.7 Å². The van der Waals surface area contributed by atoms with E-state index in [1.54, 1.807) is 36.4 Å². The molecule has 0 atom stereocenters. The number of anilines is 2. The minimum atomic E-state index is -0.491. The molecule has 8 heteroatoms. The van der Waals surface area contributed by atoms with E-state index < -0.39 is 11.9 Å². The Morgan fingerprint density at radius 1 is 1.03 bits per heavy atom. The average molecular weight is 394 g/mol. The molecule has 0 aliphatic carbocycles. The van der Waals surface area contributed by atoms with E-state index in [0.29, 0.717) is 35.7 Å². The van der Waals surface area contributed by atoms with Crippen LogP contribution in [-0.4, -0.2) is 35.5 Å². The lowest BCUT2D eigenvalue weighted by Crippen LogP contribution is -2.14. The summed E-state index contributed by atoms with van der Waals surface area (Å²) in [5.41, 5.74) is 1.64. The Kier molecular flexibility index (Phi) is 6.47. The molecule has 3 rings (SSSR count). The summed E-state index contributed by atoms with van der Waals surface area (Å²) in [6, 6.07) is 13.0. The lowest BCUT2D eigenvalue weighted by atomic mass is 10.1. The third-order valence-electron chi connectivity index (χ3n) is 4.09. The van der Waals surface area contributed by atoms with Gasteiger partial charge in [-0.05, 0) is 36.2 Å². The highest BCUT2D eigenvalue weighted by atomic mass is 19.1. The predicted molar refractivity (Wildman–Crippen MR) is 106 cm³/mol. The van der Waals surface area contributed by atoms with Gasteiger partial charge in [0.2, 0.25) is 5.95 Å². The lowest BCUT2D eigenvalue weighted by molar-refractivity contribution is 0.0600. The molecular weight excluding hydrogens is 375 g/mol. The molecule has 0 aliphatic rings. The average Bonchev–Trinajstić information content (AvgIpc) is 2.75. The van der Waals surface area contributed by atoms with E-state index in [1.165, 1.54) is 31.6 Å². The van der Waals surface area contributed by atoms with Crippen molar-refractivity contribution >= 4 is 23.5 Å². The summed E-state index contributed by atoms with van der Waals surface area (Å²) in [7, 11) is 1.29. The van der Waals surface area contributed by atoms with Gasteiger partial charge in [-0.3, -0.25) is 4.79 Å². The van der Waals surface area contributed by atoms with Crippen LogP contribution in [0.2, 0.25) is 0 Å². The number of aromatic nitrogens is 2. The first-order chi connectivity index (χ1) is 14.1. The highest BCUT2D eigenvalue weighted by Gasteiger charge is 2.10. The van der Waals surface area contributed by atoms with E-state index in [2.05, 4.69) is 25.3 Å². The zero-order valence-corrected chi connectivity index (χ0v) is 15.7. The maximum Gasteiger partial charge on any atom is 0.337 e. The van der Waals surface area contributed by atoms with Gasteiger partial charge in [-0.2, -0.15) is 0 Å². The lowest BCUT2D eigenvalue weighted by Gasteiger charge is -2.08. The summed E-state index contributed by atoms with van der Waals surface area (Å²) < 4.78 is 18.3. The van der Waals surface area contributed by atoms with Gasteiger partial charge in [-0.15, -0.1) is 0 Å². The Balaban J connectivity index is 1.56. The Morgan fingerprint density at radius 3 is 2.52 bits per heavy atom. The first kappa shape index (κ1) is 19.9. The van der Waals surface area contributed by atoms with Crippen LogP contribution in [0.5, 0.6) is 0 Å². The number of rotatable bonds is 7. The standard InChI is InChI=1S/C21H19FN4O3/c1-29-20(28)15-6-4-7-17(11-15)26-19(27)16-12-24-21(25-13-16)23-10-9-14-5-2-3-8-18(14)22/h2-8,11-13H,9-10H2,1H3,(H,26,27)(H,23,24,25). The van der Waals surface area contributed by atoms with Gasteiger partial charge in [0.15, 0.2) is 0 Å². The van der Waals surface area contributed by atoms with Gasteiger partial charge in [-0.25, -0.2) is 19.2 Å². The van der Waals surface area contributed by atoms with Crippen molar-refractivity contribution in [2.24, 2.45) is 0 Å². The molecule has 0 radical (unpaired) electrons. The van der Waals surface area contributed by atoms with E-state index in [1.807, 2.05) is 0 Å². The number of nitrogens with one attached hydrogen (secondary N) is 2. The van der Waals surface area contributed by atoms with Crippen molar-refractivity contribution in [2.45, 2.75) is 6.42 Å². The van der Waals surface area contributed by atoms with Crippen LogP contribution in [0.1, 0.15) is 26.3 Å². The van der Waals surface area contributed by atoms with Crippen LogP contribution < -0.4 is 10.6 Å². The molecule has 29 heavy (non-hydrogen) atoms. The van der Waals surface area contributed by atoms with E-state index in [4.69, 9.17) is 0 Å². The maximum absolute atomic E-state index is 13.6. The molecule has 1 aromatic heterocycles. The monoisotopic (exact) mass is 394 g/mol. The second-order valence-corrected chi connectivity index (χ2v) is 6.09. The van der Waals surface area contributed by atoms with Gasteiger partial charge in [0.1, 0.15) is 5.82 Å². The molecule has 1 heterocycles. The number of benzene rings is 2. The predicted octanol–water partition coefficient (Wildman–Crippen LogP) is 3.31. The number of ether oxygens (including phenoxy) is 1. The molecule has 3 aromatic rings. The quantitative estimate of drug-likeness (QED) is 0.597. The summed E-state index contributed by atoms with van der Waals surface area (Å²) in [5.74, 6) is -0.816. The molecule has 0 saturated carbocycles. The maximum atomic E-state index is 13.6. The van der Waals surface area contributed by atoms with Gasteiger partial charge in [-0.1, -0.05) is 24.3 Å². The van der Waals surface area contributed by atoms with Gasteiger partial charge >= 0.3 is 5.97 Å². The molecule has 0 bridgehead atoms. The van der Waals surface area contributed by atoms with Crippen LogP contribution in [0, 0.1) is 5.82 Å². The molecule has 2 N–H and O–H groups in total. The fourth-order valence-electron chi connectivity index (χ4n) is 2.59. The molecule has 0 unspecified atom stereocenters. The van der Waals surface area contributed by atoms with Gasteiger partial charge < -0.3 is 15.4 Å². The minimum absolute atomic E-state index is 0.251.